The highest BCUT2D eigenvalue weighted by atomic mass is 16.5. The first-order valence-electron chi connectivity index (χ1n) is 6.93. The van der Waals surface area contributed by atoms with E-state index >= 15 is 0 Å². The lowest BCUT2D eigenvalue weighted by atomic mass is 9.86. The predicted molar refractivity (Wildman–Crippen MR) is 82.9 cm³/mol. The minimum Gasteiger partial charge on any atom is -0.489 e. The van der Waals surface area contributed by atoms with Gasteiger partial charge in [-0.3, -0.25) is 0 Å². The molecule has 0 radical (unpaired) electrons. The second kappa shape index (κ2) is 6.00. The number of hydrogen-bond donors (Lipinski definition) is 1. The van der Waals surface area contributed by atoms with Crippen molar-refractivity contribution in [3.8, 4) is 5.75 Å². The van der Waals surface area contributed by atoms with Gasteiger partial charge in [0.2, 0.25) is 0 Å². The number of ether oxygens (including phenoxy) is 1. The lowest BCUT2D eigenvalue weighted by molar-refractivity contribution is 0.0694. The Kier molecular flexibility index (Phi) is 4.32. The molecular weight excluding hydrogens is 264 g/mol. The van der Waals surface area contributed by atoms with Crippen LogP contribution >= 0.6 is 0 Å². The number of benzene rings is 2. The van der Waals surface area contributed by atoms with E-state index in [1.54, 1.807) is 18.2 Å². The summed E-state index contributed by atoms with van der Waals surface area (Å²) in [5.41, 5.74) is 2.04. The zero-order valence-corrected chi connectivity index (χ0v) is 12.6. The van der Waals surface area contributed by atoms with Crippen molar-refractivity contribution in [2.24, 2.45) is 0 Å². The number of hydrogen-bond acceptors (Lipinski definition) is 2. The number of carbonyl (C=O) groups is 1. The van der Waals surface area contributed by atoms with Crippen molar-refractivity contribution >= 4 is 5.97 Å². The Labute approximate surface area is 125 Å². The fraction of sp³-hybridized carbons (Fsp3) is 0.278. The van der Waals surface area contributed by atoms with E-state index in [1.165, 1.54) is 0 Å². The van der Waals surface area contributed by atoms with E-state index in [0.717, 1.165) is 11.3 Å². The van der Waals surface area contributed by atoms with Crippen molar-refractivity contribution in [1.82, 2.24) is 0 Å². The topological polar surface area (TPSA) is 46.5 Å². The van der Waals surface area contributed by atoms with Gasteiger partial charge in [0.1, 0.15) is 12.4 Å². The molecule has 0 aliphatic heterocycles. The quantitative estimate of drug-likeness (QED) is 0.912. The van der Waals surface area contributed by atoms with Gasteiger partial charge in [0, 0.05) is 5.56 Å². The van der Waals surface area contributed by atoms with E-state index < -0.39 is 5.97 Å². The highest BCUT2D eigenvalue weighted by molar-refractivity contribution is 5.89. The Bertz CT molecular complexity index is 639. The van der Waals surface area contributed by atoms with Gasteiger partial charge in [0.15, 0.2) is 0 Å². The van der Waals surface area contributed by atoms with Crippen molar-refractivity contribution in [3.63, 3.8) is 0 Å². The molecule has 2 rings (SSSR count). The van der Waals surface area contributed by atoms with Gasteiger partial charge < -0.3 is 9.84 Å². The van der Waals surface area contributed by atoms with E-state index in [2.05, 4.69) is 20.8 Å². The normalized spacial score (nSPS) is 11.2. The molecule has 0 atom stereocenters. The van der Waals surface area contributed by atoms with Gasteiger partial charge >= 0.3 is 5.97 Å². The van der Waals surface area contributed by atoms with Crippen molar-refractivity contribution in [2.75, 3.05) is 0 Å². The van der Waals surface area contributed by atoms with E-state index in [9.17, 15) is 9.90 Å². The molecule has 0 amide bonds. The Morgan fingerprint density at radius 3 is 2.33 bits per heavy atom. The van der Waals surface area contributed by atoms with Crippen molar-refractivity contribution in [2.45, 2.75) is 32.8 Å². The molecule has 0 unspecified atom stereocenters. The minimum atomic E-state index is -0.932. The van der Waals surface area contributed by atoms with Crippen LogP contribution in [0.25, 0.3) is 0 Å². The number of carboxylic acid groups (broad SMARTS) is 1. The van der Waals surface area contributed by atoms with E-state index in [0.29, 0.717) is 5.56 Å². The Morgan fingerprint density at radius 1 is 1.05 bits per heavy atom. The fourth-order valence-electron chi connectivity index (χ4n) is 2.22. The summed E-state index contributed by atoms with van der Waals surface area (Å²) in [5, 5.41) is 9.19. The maximum atomic E-state index is 11.2. The lowest BCUT2D eigenvalue weighted by Gasteiger charge is -2.22. The molecule has 1 N–H and O–H groups in total. The number of para-hydroxylation sites is 1. The first-order chi connectivity index (χ1) is 9.89. The van der Waals surface area contributed by atoms with Gasteiger partial charge in [-0.1, -0.05) is 57.2 Å². The van der Waals surface area contributed by atoms with Crippen LogP contribution in [0.5, 0.6) is 5.75 Å². The van der Waals surface area contributed by atoms with Crippen molar-refractivity contribution in [3.05, 3.63) is 65.2 Å². The molecule has 2 aromatic rings. The molecule has 0 aliphatic rings. The lowest BCUT2D eigenvalue weighted by Crippen LogP contribution is -2.14. The molecule has 110 valence electrons. The summed E-state index contributed by atoms with van der Waals surface area (Å²) in [5.74, 6) is -0.136. The standard InChI is InChI=1S/C18H20O3/c1-18(2,3)15-10-6-7-11-16(15)21-12-13-8-4-5-9-14(13)17(19)20/h4-11H,12H2,1-3H3,(H,19,20). The molecule has 0 heterocycles. The van der Waals surface area contributed by atoms with Crippen LogP contribution < -0.4 is 4.74 Å². The van der Waals surface area contributed by atoms with Crippen molar-refractivity contribution in [1.29, 1.82) is 0 Å². The Morgan fingerprint density at radius 2 is 1.67 bits per heavy atom. The zero-order chi connectivity index (χ0) is 15.5. The number of aromatic carboxylic acids is 1. The molecular formula is C18H20O3. The molecule has 21 heavy (non-hydrogen) atoms. The highest BCUT2D eigenvalue weighted by Crippen LogP contribution is 2.31. The first-order valence-corrected chi connectivity index (χ1v) is 6.93. The maximum absolute atomic E-state index is 11.2. The summed E-state index contributed by atoms with van der Waals surface area (Å²) in [6.45, 7) is 6.62. The molecule has 0 bridgehead atoms. The maximum Gasteiger partial charge on any atom is 0.336 e. The Balaban J connectivity index is 2.24. The molecule has 0 saturated carbocycles. The largest absolute Gasteiger partial charge is 0.489 e. The molecule has 0 spiro atoms. The molecule has 3 heteroatoms. The second-order valence-electron chi connectivity index (χ2n) is 6.00. The van der Waals surface area contributed by atoms with Gasteiger partial charge in [-0.15, -0.1) is 0 Å². The molecule has 3 nitrogen and oxygen atoms in total. The summed E-state index contributed by atoms with van der Waals surface area (Å²) in [7, 11) is 0. The first kappa shape index (κ1) is 15.1. The van der Waals surface area contributed by atoms with Crippen molar-refractivity contribution < 1.29 is 14.6 Å². The fourth-order valence-corrected chi connectivity index (χ4v) is 2.22. The predicted octanol–water partition coefficient (Wildman–Crippen LogP) is 4.26. The van der Waals surface area contributed by atoms with Crippen LogP contribution in [0.3, 0.4) is 0 Å². The summed E-state index contributed by atoms with van der Waals surface area (Å²) in [4.78, 5) is 11.2. The van der Waals surface area contributed by atoms with Crippen LogP contribution in [0, 0.1) is 0 Å². The summed E-state index contributed by atoms with van der Waals surface area (Å²) >= 11 is 0. The third-order valence-electron chi connectivity index (χ3n) is 3.33. The van der Waals surface area contributed by atoms with E-state index in [4.69, 9.17) is 4.74 Å². The molecule has 0 aromatic heterocycles. The van der Waals surface area contributed by atoms with Gasteiger partial charge in [0.25, 0.3) is 0 Å². The smallest absolute Gasteiger partial charge is 0.336 e. The van der Waals surface area contributed by atoms with Gasteiger partial charge in [-0.2, -0.15) is 0 Å². The second-order valence-corrected chi connectivity index (χ2v) is 6.00. The van der Waals surface area contributed by atoms with Crippen LogP contribution in [0.4, 0.5) is 0 Å². The summed E-state index contributed by atoms with van der Waals surface area (Å²) in [6.07, 6.45) is 0. The third-order valence-corrected chi connectivity index (χ3v) is 3.33. The average molecular weight is 284 g/mol. The van der Waals surface area contributed by atoms with E-state index in [1.807, 2.05) is 30.3 Å². The van der Waals surface area contributed by atoms with Gasteiger partial charge in [0.05, 0.1) is 5.56 Å². The van der Waals surface area contributed by atoms with Gasteiger partial charge in [-0.05, 0) is 23.1 Å². The monoisotopic (exact) mass is 284 g/mol. The number of rotatable bonds is 4. The highest BCUT2D eigenvalue weighted by Gasteiger charge is 2.18. The molecule has 0 aliphatic carbocycles. The molecule has 2 aromatic carbocycles. The van der Waals surface area contributed by atoms with E-state index in [-0.39, 0.29) is 17.6 Å². The molecule has 0 fully saturated rings. The van der Waals surface area contributed by atoms with Crippen LogP contribution in [-0.2, 0) is 12.0 Å². The minimum absolute atomic E-state index is 0.0249. The summed E-state index contributed by atoms with van der Waals surface area (Å²) < 4.78 is 5.88. The van der Waals surface area contributed by atoms with Crippen LogP contribution in [0.15, 0.2) is 48.5 Å². The van der Waals surface area contributed by atoms with Crippen LogP contribution in [0.1, 0.15) is 42.3 Å². The zero-order valence-electron chi connectivity index (χ0n) is 12.6. The molecule has 0 saturated heterocycles. The average Bonchev–Trinajstić information content (AvgIpc) is 2.44. The Hall–Kier alpha value is -2.29. The van der Waals surface area contributed by atoms with Gasteiger partial charge in [-0.25, -0.2) is 4.79 Å². The van der Waals surface area contributed by atoms with Crippen LogP contribution in [0.2, 0.25) is 0 Å². The number of carboxylic acids is 1. The third kappa shape index (κ3) is 3.63. The SMILES string of the molecule is CC(C)(C)c1ccccc1OCc1ccccc1C(=O)O. The van der Waals surface area contributed by atoms with Crippen LogP contribution in [-0.4, -0.2) is 11.1 Å². The summed E-state index contributed by atoms with van der Waals surface area (Å²) in [6, 6.07) is 14.8.